The van der Waals surface area contributed by atoms with Crippen LogP contribution in [-0.2, 0) is 19.7 Å². The minimum atomic E-state index is -3.38. The summed E-state index contributed by atoms with van der Waals surface area (Å²) in [6, 6.07) is 0. The topological polar surface area (TPSA) is 68.3 Å². The molecule has 68 valence electrons. The molecule has 0 fully saturated rings. The molecule has 0 radical (unpaired) electrons. The zero-order valence-corrected chi connectivity index (χ0v) is 8.20. The van der Waals surface area contributed by atoms with Crippen LogP contribution in [0.4, 0.5) is 0 Å². The smallest absolute Gasteiger partial charge is 0.164 e. The Balaban J connectivity index is 4.54. The molecule has 0 saturated heterocycles. The van der Waals surface area contributed by atoms with E-state index in [0.717, 1.165) is 0 Å². The molecule has 0 spiro atoms. The van der Waals surface area contributed by atoms with E-state index in [9.17, 15) is 16.8 Å². The average molecular weight is 200 g/mol. The Bertz CT molecular complexity index is 265. The van der Waals surface area contributed by atoms with E-state index >= 15 is 0 Å². The van der Waals surface area contributed by atoms with Gasteiger partial charge in [0.1, 0.15) is 0 Å². The summed E-state index contributed by atoms with van der Waals surface area (Å²) in [6.07, 6.45) is 0. The maximum atomic E-state index is 10.8. The SMILES string of the molecule is CCS(=O)(=O)CS(=O)(=O)CC. The van der Waals surface area contributed by atoms with Gasteiger partial charge >= 0.3 is 0 Å². The van der Waals surface area contributed by atoms with Gasteiger partial charge in [-0.15, -0.1) is 0 Å². The number of hydrogen-bond acceptors (Lipinski definition) is 4. The van der Waals surface area contributed by atoms with Crippen molar-refractivity contribution >= 4 is 19.7 Å². The Morgan fingerprint density at radius 2 is 1.09 bits per heavy atom. The highest BCUT2D eigenvalue weighted by Gasteiger charge is 2.18. The summed E-state index contributed by atoms with van der Waals surface area (Å²) in [4.78, 5) is 0. The van der Waals surface area contributed by atoms with Gasteiger partial charge in [0.05, 0.1) is 0 Å². The van der Waals surface area contributed by atoms with Crippen LogP contribution in [0, 0.1) is 0 Å². The summed E-state index contributed by atoms with van der Waals surface area (Å²) >= 11 is 0. The molecular formula is C5H12O4S2. The van der Waals surface area contributed by atoms with Gasteiger partial charge in [-0.2, -0.15) is 0 Å². The Kier molecular flexibility index (Phi) is 3.50. The maximum absolute atomic E-state index is 10.8. The van der Waals surface area contributed by atoms with Gasteiger partial charge in [-0.1, -0.05) is 13.8 Å². The molecule has 0 aliphatic heterocycles. The second-order valence-electron chi connectivity index (χ2n) is 2.18. The standard InChI is InChI=1S/C5H12O4S2/c1-3-10(6,7)5-11(8,9)4-2/h3-5H2,1-2H3. The van der Waals surface area contributed by atoms with Crippen LogP contribution in [0.5, 0.6) is 0 Å². The van der Waals surface area contributed by atoms with Gasteiger partial charge in [-0.3, -0.25) is 0 Å². The Morgan fingerprint density at radius 3 is 1.27 bits per heavy atom. The largest absolute Gasteiger partial charge is 0.228 e. The zero-order valence-electron chi connectivity index (χ0n) is 6.57. The van der Waals surface area contributed by atoms with Crippen LogP contribution in [-0.4, -0.2) is 33.4 Å². The van der Waals surface area contributed by atoms with Crippen LogP contribution in [0.25, 0.3) is 0 Å². The lowest BCUT2D eigenvalue weighted by Gasteiger charge is -1.99. The van der Waals surface area contributed by atoms with Crippen molar-refractivity contribution in [2.45, 2.75) is 13.8 Å². The van der Waals surface area contributed by atoms with E-state index in [4.69, 9.17) is 0 Å². The molecule has 0 amide bonds. The molecule has 6 heteroatoms. The van der Waals surface area contributed by atoms with E-state index in [-0.39, 0.29) is 11.5 Å². The quantitative estimate of drug-likeness (QED) is 0.631. The van der Waals surface area contributed by atoms with E-state index in [1.54, 1.807) is 0 Å². The van der Waals surface area contributed by atoms with E-state index in [1.165, 1.54) is 13.8 Å². The second kappa shape index (κ2) is 3.53. The molecule has 11 heavy (non-hydrogen) atoms. The summed E-state index contributed by atoms with van der Waals surface area (Å²) in [5.74, 6) is -0.238. The monoisotopic (exact) mass is 200 g/mol. The number of rotatable bonds is 4. The maximum Gasteiger partial charge on any atom is 0.164 e. The molecule has 0 N–H and O–H groups in total. The summed E-state index contributed by atoms with van der Waals surface area (Å²) in [6.45, 7) is 2.86. The van der Waals surface area contributed by atoms with E-state index in [1.807, 2.05) is 0 Å². The lowest BCUT2D eigenvalue weighted by molar-refractivity contribution is 0.590. The number of sulfone groups is 2. The molecule has 4 nitrogen and oxygen atoms in total. The third kappa shape index (κ3) is 4.36. The van der Waals surface area contributed by atoms with Crippen molar-refractivity contribution in [2.24, 2.45) is 0 Å². The predicted molar refractivity (Wildman–Crippen MR) is 43.8 cm³/mol. The highest BCUT2D eigenvalue weighted by Crippen LogP contribution is 1.97. The normalized spacial score (nSPS) is 13.3. The van der Waals surface area contributed by atoms with Gasteiger partial charge in [0.2, 0.25) is 0 Å². The molecule has 0 unspecified atom stereocenters. The zero-order chi connectivity index (χ0) is 9.12. The van der Waals surface area contributed by atoms with Crippen LogP contribution in [0.2, 0.25) is 0 Å². The summed E-state index contributed by atoms with van der Waals surface area (Å²) < 4.78 is 43.2. The minimum Gasteiger partial charge on any atom is -0.228 e. The van der Waals surface area contributed by atoms with Crippen LogP contribution >= 0.6 is 0 Å². The molecule has 0 bridgehead atoms. The molecule has 0 aromatic carbocycles. The lowest BCUT2D eigenvalue weighted by atomic mass is 11.0. The molecule has 0 rings (SSSR count). The van der Waals surface area contributed by atoms with Crippen LogP contribution < -0.4 is 0 Å². The first kappa shape index (κ1) is 10.9. The van der Waals surface area contributed by atoms with Crippen molar-refractivity contribution in [1.82, 2.24) is 0 Å². The van der Waals surface area contributed by atoms with Gasteiger partial charge in [0.25, 0.3) is 0 Å². The minimum absolute atomic E-state index is 0.119. The Hall–Kier alpha value is -0.100. The average Bonchev–Trinajstić information content (AvgIpc) is 1.86. The van der Waals surface area contributed by atoms with Crippen LogP contribution in [0.15, 0.2) is 0 Å². The van der Waals surface area contributed by atoms with Crippen molar-refractivity contribution in [2.75, 3.05) is 16.6 Å². The molecule has 0 atom stereocenters. The van der Waals surface area contributed by atoms with Gasteiger partial charge in [0.15, 0.2) is 24.8 Å². The highest BCUT2D eigenvalue weighted by atomic mass is 32.3. The second-order valence-corrected chi connectivity index (χ2v) is 7.25. The van der Waals surface area contributed by atoms with Crippen LogP contribution in [0.3, 0.4) is 0 Å². The fourth-order valence-electron chi connectivity index (χ4n) is 0.440. The van der Waals surface area contributed by atoms with Gasteiger partial charge in [-0.25, -0.2) is 16.8 Å². The van der Waals surface area contributed by atoms with Crippen LogP contribution in [0.1, 0.15) is 13.8 Å². The first-order valence-electron chi connectivity index (χ1n) is 3.24. The lowest BCUT2D eigenvalue weighted by Crippen LogP contribution is -2.19. The molecule has 0 saturated carbocycles. The van der Waals surface area contributed by atoms with Crippen molar-refractivity contribution < 1.29 is 16.8 Å². The van der Waals surface area contributed by atoms with Crippen molar-refractivity contribution in [3.05, 3.63) is 0 Å². The number of hydrogen-bond donors (Lipinski definition) is 0. The van der Waals surface area contributed by atoms with E-state index in [0.29, 0.717) is 0 Å². The summed E-state index contributed by atoms with van der Waals surface area (Å²) in [7, 11) is -6.75. The van der Waals surface area contributed by atoms with Gasteiger partial charge < -0.3 is 0 Å². The molecule has 0 aromatic rings. The van der Waals surface area contributed by atoms with Crippen molar-refractivity contribution in [3.8, 4) is 0 Å². The third-order valence-electron chi connectivity index (χ3n) is 1.24. The van der Waals surface area contributed by atoms with Gasteiger partial charge in [0, 0.05) is 11.5 Å². The molecule has 0 aromatic heterocycles. The van der Waals surface area contributed by atoms with Crippen molar-refractivity contribution in [1.29, 1.82) is 0 Å². The first-order chi connectivity index (χ1) is 4.83. The van der Waals surface area contributed by atoms with E-state index in [2.05, 4.69) is 0 Å². The van der Waals surface area contributed by atoms with E-state index < -0.39 is 24.8 Å². The predicted octanol–water partition coefficient (Wildman–Crippen LogP) is -0.187. The Morgan fingerprint density at radius 1 is 0.818 bits per heavy atom. The first-order valence-corrected chi connectivity index (χ1v) is 6.88. The summed E-state index contributed by atoms with van der Waals surface area (Å²) in [5.41, 5.74) is 0. The third-order valence-corrected chi connectivity index (χ3v) is 5.87. The summed E-state index contributed by atoms with van der Waals surface area (Å²) in [5, 5.41) is -0.715. The fraction of sp³-hybridized carbons (Fsp3) is 1.00. The fourth-order valence-corrected chi connectivity index (χ4v) is 3.96. The van der Waals surface area contributed by atoms with Gasteiger partial charge in [-0.05, 0) is 0 Å². The van der Waals surface area contributed by atoms with Crippen molar-refractivity contribution in [3.63, 3.8) is 0 Å². The molecule has 0 aliphatic rings. The molecule has 0 heterocycles. The molecule has 0 aliphatic carbocycles. The highest BCUT2D eigenvalue weighted by molar-refractivity contribution is 8.07. The Labute approximate surface area is 67.4 Å². The molecular weight excluding hydrogens is 188 g/mol.